The van der Waals surface area contributed by atoms with Crippen LogP contribution in [-0.4, -0.2) is 144 Å². The topological polar surface area (TPSA) is 205 Å². The molecule has 0 bridgehead atoms. The number of carbonyl (C=O) groups excluding carboxylic acids is 3. The number of aliphatic hydroxyl groups is 1. The fraction of sp³-hybridized carbons (Fsp3) is 0.688. The summed E-state index contributed by atoms with van der Waals surface area (Å²) in [7, 11) is 4.41. The number of hydrogen-bond donors (Lipinski definition) is 5. The number of nitrogens with two attached hydrogens (primary N) is 1. The highest BCUT2D eigenvalue weighted by molar-refractivity contribution is 7.89. The number of halogens is 1. The highest BCUT2D eigenvalue weighted by Crippen LogP contribution is 2.34. The number of urea groups is 1. The zero-order valence-electron chi connectivity index (χ0n) is 41.5. The zero-order valence-corrected chi connectivity index (χ0v) is 43.1. The van der Waals surface area contributed by atoms with Gasteiger partial charge in [-0.3, -0.25) is 4.79 Å². The van der Waals surface area contributed by atoms with Gasteiger partial charge in [0.2, 0.25) is 10.0 Å². The Balaban J connectivity index is 0.000000563. The number of unbranched alkanes of at least 4 members (excludes halogenated alkanes) is 2. The van der Waals surface area contributed by atoms with E-state index in [0.717, 1.165) is 44.2 Å². The number of rotatable bonds is 22. The van der Waals surface area contributed by atoms with Crippen molar-refractivity contribution >= 4 is 44.8 Å². The van der Waals surface area contributed by atoms with Crippen LogP contribution in [0, 0.1) is 22.7 Å². The SMILES string of the molecule is CC(C)C(C)(C)CCCCNC(=O)N(C)C.CN(C)C(=O)Cl.CNc1cccc(S(=O)(=O)N(C[C@@H](O)[C@H](Cc2ccccc2)NC(=O)O[C@H]2CO[C@H]3OCC[C@H]32)CC(C)(C)CCCCN)c1. The maximum Gasteiger partial charge on any atom is 0.407 e. The Morgan fingerprint density at radius 3 is 2.18 bits per heavy atom. The van der Waals surface area contributed by atoms with E-state index < -0.39 is 45.1 Å². The summed E-state index contributed by atoms with van der Waals surface area (Å²) in [4.78, 5) is 37.2. The van der Waals surface area contributed by atoms with Crippen LogP contribution < -0.4 is 21.7 Å². The van der Waals surface area contributed by atoms with Crippen molar-refractivity contribution in [2.24, 2.45) is 28.4 Å². The number of carbonyl (C=O) groups is 3. The van der Waals surface area contributed by atoms with Gasteiger partial charge in [0.15, 0.2) is 6.29 Å². The van der Waals surface area contributed by atoms with Crippen LogP contribution in [0.3, 0.4) is 0 Å². The monoisotopic (exact) mass is 968 g/mol. The number of aliphatic hydroxyl groups excluding tert-OH is 1. The molecule has 4 rings (SSSR count). The minimum absolute atomic E-state index is 0.00289. The van der Waals surface area contributed by atoms with E-state index in [1.165, 1.54) is 22.0 Å². The van der Waals surface area contributed by atoms with Crippen molar-refractivity contribution in [3.8, 4) is 0 Å². The van der Waals surface area contributed by atoms with Crippen LogP contribution in [0.25, 0.3) is 0 Å². The van der Waals surface area contributed by atoms with Crippen molar-refractivity contribution in [3.05, 3.63) is 60.2 Å². The number of amides is 4. The lowest BCUT2D eigenvalue weighted by atomic mass is 9.77. The summed E-state index contributed by atoms with van der Waals surface area (Å²) in [6.07, 6.45) is 4.18. The molecule has 16 nitrogen and oxygen atoms in total. The summed E-state index contributed by atoms with van der Waals surface area (Å²) in [5, 5.41) is 20.0. The van der Waals surface area contributed by atoms with E-state index in [-0.39, 0.29) is 49.3 Å². The van der Waals surface area contributed by atoms with Crippen LogP contribution in [0.4, 0.5) is 20.1 Å². The van der Waals surface area contributed by atoms with E-state index in [0.29, 0.717) is 30.2 Å². The molecule has 5 atom stereocenters. The minimum atomic E-state index is -4.02. The first kappa shape index (κ1) is 58.4. The highest BCUT2D eigenvalue weighted by atomic mass is 35.5. The molecule has 2 aromatic rings. The van der Waals surface area contributed by atoms with Crippen molar-refractivity contribution < 1.29 is 42.1 Å². The molecular formula is C48H82ClN7O9S. The second-order valence-electron chi connectivity index (χ2n) is 19.3. The van der Waals surface area contributed by atoms with Crippen molar-refractivity contribution in [2.45, 2.75) is 122 Å². The van der Waals surface area contributed by atoms with E-state index in [4.69, 9.17) is 31.5 Å². The lowest BCUT2D eigenvalue weighted by molar-refractivity contribution is -0.0907. The van der Waals surface area contributed by atoms with Gasteiger partial charge in [0, 0.05) is 60.6 Å². The third-order valence-corrected chi connectivity index (χ3v) is 14.4. The number of fused-ring (bicyclic) bond motifs is 1. The third kappa shape index (κ3) is 20.7. The van der Waals surface area contributed by atoms with E-state index in [1.807, 2.05) is 44.2 Å². The molecule has 2 saturated heterocycles. The molecule has 0 unspecified atom stereocenters. The Hall–Kier alpha value is -3.71. The molecule has 0 aromatic heterocycles. The molecule has 0 aliphatic carbocycles. The van der Waals surface area contributed by atoms with Gasteiger partial charge in [-0.2, -0.15) is 4.31 Å². The summed E-state index contributed by atoms with van der Waals surface area (Å²) in [6, 6.07) is 15.2. The van der Waals surface area contributed by atoms with E-state index in [2.05, 4.69) is 43.6 Å². The Morgan fingerprint density at radius 1 is 0.939 bits per heavy atom. The Morgan fingerprint density at radius 2 is 1.59 bits per heavy atom. The molecule has 18 heteroatoms. The average Bonchev–Trinajstić information content (AvgIpc) is 3.89. The number of nitrogens with one attached hydrogen (secondary N) is 3. The summed E-state index contributed by atoms with van der Waals surface area (Å²) in [6.45, 7) is 15.3. The predicted octanol–water partition coefficient (Wildman–Crippen LogP) is 7.35. The van der Waals surface area contributed by atoms with Crippen molar-refractivity contribution in [1.29, 1.82) is 0 Å². The van der Waals surface area contributed by atoms with Crippen molar-refractivity contribution in [2.75, 3.05) is 79.9 Å². The van der Waals surface area contributed by atoms with Crippen LogP contribution in [0.15, 0.2) is 59.5 Å². The summed E-state index contributed by atoms with van der Waals surface area (Å²) < 4.78 is 46.4. The lowest BCUT2D eigenvalue weighted by Crippen LogP contribution is -2.52. The van der Waals surface area contributed by atoms with E-state index in [9.17, 15) is 27.9 Å². The van der Waals surface area contributed by atoms with Crippen LogP contribution in [-0.2, 0) is 30.7 Å². The number of benzene rings is 2. The molecule has 2 heterocycles. The predicted molar refractivity (Wildman–Crippen MR) is 263 cm³/mol. The van der Waals surface area contributed by atoms with Gasteiger partial charge in [0.1, 0.15) is 6.10 Å². The number of ether oxygens (including phenoxy) is 3. The molecule has 2 aliphatic heterocycles. The first-order chi connectivity index (χ1) is 30.9. The van der Waals surface area contributed by atoms with Gasteiger partial charge in [-0.05, 0) is 97.2 Å². The van der Waals surface area contributed by atoms with Gasteiger partial charge in [0.25, 0.3) is 0 Å². The fourth-order valence-electron chi connectivity index (χ4n) is 7.22. The van der Waals surface area contributed by atoms with Crippen molar-refractivity contribution in [3.63, 3.8) is 0 Å². The number of hydrogen-bond acceptors (Lipinski definition) is 11. The third-order valence-electron chi connectivity index (χ3n) is 12.2. The molecule has 2 aromatic carbocycles. The molecule has 2 fully saturated rings. The highest BCUT2D eigenvalue weighted by Gasteiger charge is 2.44. The minimum Gasteiger partial charge on any atom is -0.443 e. The standard InChI is InChI=1S/C32H48N4O7S.C13H28N2O.C3H6ClNO/c1-32(2,15-7-8-16-33)22-36(44(39,40)25-13-9-12-24(19-25)34-3)20-28(37)27(18-23-10-5-4-6-11-23)35-31(38)43-29-21-42-30-26(29)14-17-41-30;1-11(2)13(3,4)9-7-8-10-14-12(16)15(5)6;1-5(2)3(4)6/h4-6,9-13,19,26-30,34,37H,7-8,14-18,20-22,33H2,1-3H3,(H,35,38);11H,7-10H2,1-6H3,(H,14,16);1-2H3/t26-,27-,28+,29-,30+;;/m0../s1. The number of anilines is 1. The van der Waals surface area contributed by atoms with Gasteiger partial charge in [0.05, 0.1) is 36.2 Å². The second-order valence-corrected chi connectivity index (χ2v) is 21.6. The quantitative estimate of drug-likeness (QED) is 0.0448. The molecule has 2 aliphatic rings. The van der Waals surface area contributed by atoms with Gasteiger partial charge < -0.3 is 50.8 Å². The van der Waals surface area contributed by atoms with Gasteiger partial charge in [-0.25, -0.2) is 18.0 Å². The molecule has 0 saturated carbocycles. The Labute approximate surface area is 401 Å². The summed E-state index contributed by atoms with van der Waals surface area (Å²) in [5.74, 6) is 0.678. The van der Waals surface area contributed by atoms with E-state index in [1.54, 1.807) is 64.4 Å². The largest absolute Gasteiger partial charge is 0.443 e. The molecule has 66 heavy (non-hydrogen) atoms. The molecular weight excluding hydrogens is 886 g/mol. The van der Waals surface area contributed by atoms with E-state index >= 15 is 0 Å². The zero-order chi connectivity index (χ0) is 49.7. The van der Waals surface area contributed by atoms with Gasteiger partial charge in [-0.1, -0.05) is 90.8 Å². The Bertz CT molecular complexity index is 1850. The number of sulfonamides is 1. The maximum absolute atomic E-state index is 14.1. The fourth-order valence-corrected chi connectivity index (χ4v) is 8.91. The summed E-state index contributed by atoms with van der Waals surface area (Å²) >= 11 is 4.90. The molecule has 376 valence electrons. The summed E-state index contributed by atoms with van der Waals surface area (Å²) in [5.41, 5.74) is 7.26. The molecule has 4 amide bonds. The van der Waals surface area contributed by atoms with Gasteiger partial charge in [-0.15, -0.1) is 0 Å². The second kappa shape index (κ2) is 28.6. The van der Waals surface area contributed by atoms with Crippen molar-refractivity contribution in [1.82, 2.24) is 24.7 Å². The lowest BCUT2D eigenvalue weighted by Gasteiger charge is -2.35. The maximum atomic E-state index is 14.1. The average molecular weight is 969 g/mol. The van der Waals surface area contributed by atoms with Crippen LogP contribution in [0.5, 0.6) is 0 Å². The molecule has 0 spiro atoms. The van der Waals surface area contributed by atoms with Crippen LogP contribution >= 0.6 is 11.6 Å². The number of nitrogens with zero attached hydrogens (tertiary/aromatic N) is 3. The first-order valence-corrected chi connectivity index (χ1v) is 25.0. The smallest absolute Gasteiger partial charge is 0.407 e. The van der Waals surface area contributed by atoms with Crippen LogP contribution in [0.2, 0.25) is 0 Å². The Kier molecular flexibility index (Phi) is 25.3. The number of alkyl carbamates (subject to hydrolysis) is 1. The van der Waals surface area contributed by atoms with Crippen LogP contribution in [0.1, 0.15) is 92.1 Å². The first-order valence-electron chi connectivity index (χ1n) is 23.2. The molecule has 0 radical (unpaired) electrons. The normalized spacial score (nSPS) is 17.9. The molecule has 6 N–H and O–H groups in total. The van der Waals surface area contributed by atoms with Gasteiger partial charge >= 0.3 is 17.5 Å².